The van der Waals surface area contributed by atoms with Crippen LogP contribution in [0.2, 0.25) is 0 Å². The number of hydrogen-bond donors (Lipinski definition) is 2. The monoisotopic (exact) mass is 299 g/mol. The van der Waals surface area contributed by atoms with Gasteiger partial charge < -0.3 is 10.4 Å². The third-order valence-electron chi connectivity index (χ3n) is 2.20. The van der Waals surface area contributed by atoms with Gasteiger partial charge in [0.15, 0.2) is 0 Å². The number of rotatable bonds is 6. The van der Waals surface area contributed by atoms with Gasteiger partial charge in [0.05, 0.1) is 6.42 Å². The van der Waals surface area contributed by atoms with Crippen molar-refractivity contribution in [2.45, 2.75) is 19.3 Å². The van der Waals surface area contributed by atoms with E-state index in [1.165, 1.54) is 0 Å². The molecule has 1 aromatic carbocycles. The average Bonchev–Trinajstić information content (AvgIpc) is 2.27. The number of halogens is 1. The minimum atomic E-state index is -0.843. The first-order valence-corrected chi connectivity index (χ1v) is 6.11. The lowest BCUT2D eigenvalue weighted by molar-refractivity contribution is -0.137. The van der Waals surface area contributed by atoms with Gasteiger partial charge in [0.25, 0.3) is 0 Å². The normalized spacial score (nSPS) is 9.94. The molecular weight excluding hydrogens is 286 g/mol. The molecule has 2 N–H and O–H groups in total. The third kappa shape index (κ3) is 5.49. The van der Waals surface area contributed by atoms with Crippen molar-refractivity contribution in [2.75, 3.05) is 6.54 Å². The van der Waals surface area contributed by atoms with Crippen molar-refractivity contribution in [1.29, 1.82) is 0 Å². The lowest BCUT2D eigenvalue weighted by Crippen LogP contribution is -2.26. The Balaban J connectivity index is 2.30. The highest BCUT2D eigenvalue weighted by Gasteiger charge is 2.05. The molecule has 17 heavy (non-hydrogen) atoms. The Morgan fingerprint density at radius 3 is 2.65 bits per heavy atom. The van der Waals surface area contributed by atoms with E-state index in [4.69, 9.17) is 5.11 Å². The van der Waals surface area contributed by atoms with E-state index in [1.807, 2.05) is 24.3 Å². The molecule has 0 fully saturated rings. The molecule has 0 atom stereocenters. The van der Waals surface area contributed by atoms with Crippen LogP contribution in [0.1, 0.15) is 18.4 Å². The van der Waals surface area contributed by atoms with E-state index in [-0.39, 0.29) is 12.3 Å². The molecule has 4 nitrogen and oxygen atoms in total. The lowest BCUT2D eigenvalue weighted by Gasteiger charge is -2.05. The Kier molecular flexibility index (Phi) is 5.69. The molecule has 92 valence electrons. The number of carboxylic acid groups (broad SMARTS) is 1. The van der Waals surface area contributed by atoms with Crippen LogP contribution in [0.15, 0.2) is 28.7 Å². The molecule has 1 amide bonds. The molecule has 0 unspecified atom stereocenters. The molecular formula is C12H14BrNO3. The molecule has 0 aliphatic carbocycles. The molecule has 0 aliphatic heterocycles. The fourth-order valence-corrected chi connectivity index (χ4v) is 1.77. The fourth-order valence-electron chi connectivity index (χ4n) is 1.34. The van der Waals surface area contributed by atoms with Crippen LogP contribution >= 0.6 is 15.9 Å². The number of aliphatic carboxylic acids is 1. The molecule has 0 saturated carbocycles. The molecule has 0 radical (unpaired) electrons. The van der Waals surface area contributed by atoms with Gasteiger partial charge in [-0.3, -0.25) is 9.59 Å². The van der Waals surface area contributed by atoms with Gasteiger partial charge in [-0.1, -0.05) is 34.1 Å². The molecule has 5 heteroatoms. The van der Waals surface area contributed by atoms with E-state index in [0.29, 0.717) is 19.4 Å². The summed E-state index contributed by atoms with van der Waals surface area (Å²) in [5.41, 5.74) is 0.920. The van der Waals surface area contributed by atoms with Crippen LogP contribution in [0.5, 0.6) is 0 Å². The van der Waals surface area contributed by atoms with Gasteiger partial charge in [0, 0.05) is 17.4 Å². The molecule has 0 aromatic heterocycles. The maximum Gasteiger partial charge on any atom is 0.303 e. The van der Waals surface area contributed by atoms with Crippen molar-refractivity contribution in [3.05, 3.63) is 34.3 Å². The van der Waals surface area contributed by atoms with Crippen molar-refractivity contribution < 1.29 is 14.7 Å². The Hall–Kier alpha value is -1.36. The van der Waals surface area contributed by atoms with Crippen LogP contribution in [-0.2, 0) is 16.0 Å². The highest BCUT2D eigenvalue weighted by molar-refractivity contribution is 9.10. The smallest absolute Gasteiger partial charge is 0.303 e. The van der Waals surface area contributed by atoms with E-state index in [2.05, 4.69) is 21.2 Å². The summed E-state index contributed by atoms with van der Waals surface area (Å²) in [7, 11) is 0. The van der Waals surface area contributed by atoms with Crippen LogP contribution in [0.3, 0.4) is 0 Å². The molecule has 0 bridgehead atoms. The summed E-state index contributed by atoms with van der Waals surface area (Å²) in [6, 6.07) is 7.52. The summed E-state index contributed by atoms with van der Waals surface area (Å²) < 4.78 is 0.903. The standard InChI is InChI=1S/C12H14BrNO3/c13-10-5-2-1-4-9(10)8-11(15)14-7-3-6-12(16)17/h1-2,4-5H,3,6-8H2,(H,14,15)(H,16,17). The summed E-state index contributed by atoms with van der Waals surface area (Å²) in [6.07, 6.45) is 0.834. The molecule has 0 spiro atoms. The van der Waals surface area contributed by atoms with Crippen molar-refractivity contribution >= 4 is 27.8 Å². The fraction of sp³-hybridized carbons (Fsp3) is 0.333. The number of nitrogens with one attached hydrogen (secondary N) is 1. The van der Waals surface area contributed by atoms with Gasteiger partial charge in [-0.25, -0.2) is 0 Å². The minimum Gasteiger partial charge on any atom is -0.481 e. The average molecular weight is 300 g/mol. The summed E-state index contributed by atoms with van der Waals surface area (Å²) in [4.78, 5) is 21.8. The predicted molar refractivity (Wildman–Crippen MR) is 67.7 cm³/mol. The molecule has 1 aromatic rings. The lowest BCUT2D eigenvalue weighted by atomic mass is 10.1. The van der Waals surface area contributed by atoms with Crippen LogP contribution in [-0.4, -0.2) is 23.5 Å². The van der Waals surface area contributed by atoms with Crippen LogP contribution in [0, 0.1) is 0 Å². The quantitative estimate of drug-likeness (QED) is 0.789. The highest BCUT2D eigenvalue weighted by Crippen LogP contribution is 2.15. The molecule has 0 saturated heterocycles. The van der Waals surface area contributed by atoms with Crippen molar-refractivity contribution in [3.8, 4) is 0 Å². The Morgan fingerprint density at radius 1 is 1.29 bits per heavy atom. The first-order valence-electron chi connectivity index (χ1n) is 5.31. The maximum absolute atomic E-state index is 11.5. The summed E-state index contributed by atoms with van der Waals surface area (Å²) >= 11 is 3.37. The largest absolute Gasteiger partial charge is 0.481 e. The van der Waals surface area contributed by atoms with E-state index in [9.17, 15) is 9.59 Å². The molecule has 0 aliphatic rings. The van der Waals surface area contributed by atoms with Gasteiger partial charge in [-0.15, -0.1) is 0 Å². The summed E-state index contributed by atoms with van der Waals surface area (Å²) in [6.45, 7) is 0.398. The highest BCUT2D eigenvalue weighted by atomic mass is 79.9. The first-order chi connectivity index (χ1) is 8.09. The SMILES string of the molecule is O=C(O)CCCNC(=O)Cc1ccccc1Br. The maximum atomic E-state index is 11.5. The summed E-state index contributed by atoms with van der Waals surface area (Å²) in [5, 5.41) is 11.1. The number of carbonyl (C=O) groups is 2. The van der Waals surface area contributed by atoms with Gasteiger partial charge >= 0.3 is 5.97 Å². The van der Waals surface area contributed by atoms with Gasteiger partial charge in [0.1, 0.15) is 0 Å². The number of carbonyl (C=O) groups excluding carboxylic acids is 1. The Labute approximate surface area is 108 Å². The second-order valence-corrected chi connectivity index (χ2v) is 4.47. The van der Waals surface area contributed by atoms with E-state index >= 15 is 0 Å². The van der Waals surface area contributed by atoms with E-state index in [0.717, 1.165) is 10.0 Å². The zero-order valence-corrected chi connectivity index (χ0v) is 10.9. The molecule has 0 heterocycles. The Morgan fingerprint density at radius 2 is 2.00 bits per heavy atom. The van der Waals surface area contributed by atoms with Crippen molar-refractivity contribution in [1.82, 2.24) is 5.32 Å². The van der Waals surface area contributed by atoms with E-state index < -0.39 is 5.97 Å². The van der Waals surface area contributed by atoms with Crippen molar-refractivity contribution in [2.24, 2.45) is 0 Å². The van der Waals surface area contributed by atoms with Crippen LogP contribution in [0.4, 0.5) is 0 Å². The third-order valence-corrected chi connectivity index (χ3v) is 2.97. The second kappa shape index (κ2) is 7.06. The summed E-state index contributed by atoms with van der Waals surface area (Å²) in [5.74, 6) is -0.938. The zero-order chi connectivity index (χ0) is 12.7. The Bertz CT molecular complexity index is 406. The van der Waals surface area contributed by atoms with Crippen LogP contribution < -0.4 is 5.32 Å². The van der Waals surface area contributed by atoms with Gasteiger partial charge in [-0.2, -0.15) is 0 Å². The van der Waals surface area contributed by atoms with Crippen molar-refractivity contribution in [3.63, 3.8) is 0 Å². The second-order valence-electron chi connectivity index (χ2n) is 3.62. The minimum absolute atomic E-state index is 0.0787. The number of benzene rings is 1. The van der Waals surface area contributed by atoms with Gasteiger partial charge in [-0.05, 0) is 18.1 Å². The molecule has 1 rings (SSSR count). The van der Waals surface area contributed by atoms with Gasteiger partial charge in [0.2, 0.25) is 5.91 Å². The van der Waals surface area contributed by atoms with Crippen LogP contribution in [0.25, 0.3) is 0 Å². The van der Waals surface area contributed by atoms with E-state index in [1.54, 1.807) is 0 Å². The number of amides is 1. The topological polar surface area (TPSA) is 66.4 Å². The number of carboxylic acids is 1. The predicted octanol–water partition coefficient (Wildman–Crippen LogP) is 1.97. The zero-order valence-electron chi connectivity index (χ0n) is 9.28. The number of hydrogen-bond acceptors (Lipinski definition) is 2. The first kappa shape index (κ1) is 13.7.